The van der Waals surface area contributed by atoms with Gasteiger partial charge in [-0.2, -0.15) is 0 Å². The van der Waals surface area contributed by atoms with E-state index in [-0.39, 0.29) is 18.4 Å². The van der Waals surface area contributed by atoms with Gasteiger partial charge in [0, 0.05) is 13.2 Å². The minimum Gasteiger partial charge on any atom is -0.467 e. The number of likely N-dealkylation sites (tertiary alicyclic amines) is 1. The summed E-state index contributed by atoms with van der Waals surface area (Å²) < 4.78 is 10.5. The lowest BCUT2D eigenvalue weighted by Gasteiger charge is -2.21. The average molecular weight is 407 g/mol. The Balaban J connectivity index is 0.000000960. The van der Waals surface area contributed by atoms with E-state index in [2.05, 4.69) is 32.9 Å². The van der Waals surface area contributed by atoms with Crippen LogP contribution in [0.15, 0.2) is 30.3 Å². The lowest BCUT2D eigenvalue weighted by molar-refractivity contribution is -0.150. The van der Waals surface area contributed by atoms with Gasteiger partial charge in [-0.15, -0.1) is 0 Å². The molecule has 1 fully saturated rings. The molecule has 164 valence electrons. The third kappa shape index (κ3) is 9.90. The molecule has 2 unspecified atom stereocenters. The van der Waals surface area contributed by atoms with Gasteiger partial charge < -0.3 is 20.1 Å². The number of carbonyl (C=O) groups excluding carboxylic acids is 2. The fraction of sp³-hybridized carbons (Fsp3) is 0.652. The summed E-state index contributed by atoms with van der Waals surface area (Å²) in [7, 11) is 1.35. The summed E-state index contributed by atoms with van der Waals surface area (Å²) in [5.41, 5.74) is 6.62. The van der Waals surface area contributed by atoms with Crippen LogP contribution >= 0.6 is 0 Å². The molecular formula is C23H38N2O4. The van der Waals surface area contributed by atoms with Crippen LogP contribution in [0.3, 0.4) is 0 Å². The number of amides is 1. The molecule has 1 aliphatic heterocycles. The number of unbranched alkanes of at least 4 members (excludes halogenated alkanes) is 1. The van der Waals surface area contributed by atoms with Crippen molar-refractivity contribution < 1.29 is 19.1 Å². The smallest absolute Gasteiger partial charge is 0.328 e. The number of rotatable bonds is 9. The van der Waals surface area contributed by atoms with Gasteiger partial charge in [0.2, 0.25) is 5.91 Å². The molecule has 29 heavy (non-hydrogen) atoms. The monoisotopic (exact) mass is 406 g/mol. The van der Waals surface area contributed by atoms with Crippen molar-refractivity contribution in [3.63, 3.8) is 0 Å². The molecule has 2 N–H and O–H groups in total. The molecule has 1 amide bonds. The van der Waals surface area contributed by atoms with Gasteiger partial charge in [0.1, 0.15) is 6.04 Å². The fourth-order valence-electron chi connectivity index (χ4n) is 3.29. The molecule has 1 aromatic carbocycles. The van der Waals surface area contributed by atoms with Crippen molar-refractivity contribution in [2.24, 2.45) is 17.6 Å². The second-order valence-electron chi connectivity index (χ2n) is 8.16. The number of nitrogens with two attached hydrogens (primary N) is 1. The molecule has 0 bridgehead atoms. The Bertz CT molecular complexity index is 565. The second-order valence-corrected chi connectivity index (χ2v) is 8.16. The van der Waals surface area contributed by atoms with Crippen molar-refractivity contribution in [2.45, 2.75) is 59.1 Å². The van der Waals surface area contributed by atoms with Gasteiger partial charge in [-0.3, -0.25) is 4.79 Å². The third-order valence-electron chi connectivity index (χ3n) is 4.62. The first-order valence-electron chi connectivity index (χ1n) is 10.6. The number of hydrogen-bond donors (Lipinski definition) is 1. The highest BCUT2D eigenvalue weighted by Gasteiger charge is 2.39. The van der Waals surface area contributed by atoms with Gasteiger partial charge in [0.25, 0.3) is 0 Å². The van der Waals surface area contributed by atoms with E-state index in [4.69, 9.17) is 15.2 Å². The van der Waals surface area contributed by atoms with Crippen molar-refractivity contribution in [2.75, 3.05) is 26.8 Å². The summed E-state index contributed by atoms with van der Waals surface area (Å²) in [5, 5.41) is 0. The largest absolute Gasteiger partial charge is 0.467 e. The summed E-state index contributed by atoms with van der Waals surface area (Å²) in [5.74, 6) is 0.605. The van der Waals surface area contributed by atoms with Crippen LogP contribution in [-0.2, 0) is 25.7 Å². The number of nitrogens with zero attached hydrogens (tertiary/aromatic N) is 1. The maximum atomic E-state index is 11.9. The Morgan fingerprint density at radius 1 is 1.17 bits per heavy atom. The first-order valence-corrected chi connectivity index (χ1v) is 10.6. The van der Waals surface area contributed by atoms with Crippen LogP contribution in [0.1, 0.15) is 52.0 Å². The Labute approximate surface area is 175 Å². The van der Waals surface area contributed by atoms with Gasteiger partial charge >= 0.3 is 5.97 Å². The quantitative estimate of drug-likeness (QED) is 0.502. The van der Waals surface area contributed by atoms with E-state index in [1.54, 1.807) is 4.90 Å². The predicted molar refractivity (Wildman–Crippen MR) is 115 cm³/mol. The van der Waals surface area contributed by atoms with Gasteiger partial charge in [0.05, 0.1) is 20.3 Å². The molecule has 2 atom stereocenters. The third-order valence-corrected chi connectivity index (χ3v) is 4.62. The molecule has 1 saturated heterocycles. The molecule has 6 heteroatoms. The zero-order valence-corrected chi connectivity index (χ0v) is 18.4. The lowest BCUT2D eigenvalue weighted by Crippen LogP contribution is -2.43. The van der Waals surface area contributed by atoms with Crippen molar-refractivity contribution in [1.82, 2.24) is 4.90 Å². The summed E-state index contributed by atoms with van der Waals surface area (Å²) in [4.78, 5) is 25.3. The number of hydrogen-bond acceptors (Lipinski definition) is 5. The first kappa shape index (κ1) is 25.1. The fourth-order valence-corrected chi connectivity index (χ4v) is 3.29. The van der Waals surface area contributed by atoms with Crippen LogP contribution < -0.4 is 5.73 Å². The predicted octanol–water partition coefficient (Wildman–Crippen LogP) is 3.38. The summed E-state index contributed by atoms with van der Waals surface area (Å²) in [6.07, 6.45) is 3.61. The van der Waals surface area contributed by atoms with Crippen LogP contribution in [0.5, 0.6) is 0 Å². The Morgan fingerprint density at radius 2 is 1.83 bits per heavy atom. The Hall–Kier alpha value is -1.92. The lowest BCUT2D eigenvalue weighted by atomic mass is 9.99. The number of ether oxygens (including phenoxy) is 2. The zero-order chi connectivity index (χ0) is 21.6. The van der Waals surface area contributed by atoms with E-state index >= 15 is 0 Å². The molecule has 6 nitrogen and oxygen atoms in total. The molecule has 0 aromatic heterocycles. The SMILES string of the molecule is CC(C)C.COC(=O)C1CC(CCCCOCc2ccccc2)CN1C(=O)CN. The maximum absolute atomic E-state index is 11.9. The van der Waals surface area contributed by atoms with Gasteiger partial charge in [-0.05, 0) is 36.7 Å². The van der Waals surface area contributed by atoms with Gasteiger partial charge in [0.15, 0.2) is 0 Å². The number of carbonyl (C=O) groups is 2. The van der Waals surface area contributed by atoms with Crippen molar-refractivity contribution in [3.05, 3.63) is 35.9 Å². The second kappa shape index (κ2) is 14.1. The van der Waals surface area contributed by atoms with Gasteiger partial charge in [-0.1, -0.05) is 57.5 Å². The molecule has 0 spiro atoms. The minimum absolute atomic E-state index is 0.0759. The molecule has 1 aliphatic rings. The van der Waals surface area contributed by atoms with E-state index in [0.717, 1.165) is 25.2 Å². The van der Waals surface area contributed by atoms with E-state index in [0.29, 0.717) is 32.1 Å². The molecule has 2 rings (SSSR count). The normalized spacial score (nSPS) is 18.3. The highest BCUT2D eigenvalue weighted by Crippen LogP contribution is 2.28. The van der Waals surface area contributed by atoms with Crippen LogP contribution in [0.25, 0.3) is 0 Å². The Morgan fingerprint density at radius 3 is 2.41 bits per heavy atom. The van der Waals surface area contributed by atoms with Crippen molar-refractivity contribution in [3.8, 4) is 0 Å². The minimum atomic E-state index is -0.486. The van der Waals surface area contributed by atoms with Crippen LogP contribution in [-0.4, -0.2) is 49.6 Å². The van der Waals surface area contributed by atoms with Crippen LogP contribution in [0.4, 0.5) is 0 Å². The standard InChI is InChI=1S/C19H28N2O4.C4H10/c1-24-19(23)17-11-16(13-21(17)18(22)12-20)9-5-6-10-25-14-15-7-3-2-4-8-15;1-4(2)3/h2-4,7-8,16-17H,5-6,9-14,20H2,1H3;4H,1-3H3. The van der Waals surface area contributed by atoms with E-state index in [1.165, 1.54) is 12.7 Å². The van der Waals surface area contributed by atoms with E-state index in [1.807, 2.05) is 18.2 Å². The number of esters is 1. The van der Waals surface area contributed by atoms with E-state index in [9.17, 15) is 9.59 Å². The molecule has 1 heterocycles. The molecule has 0 aliphatic carbocycles. The molecular weight excluding hydrogens is 368 g/mol. The van der Waals surface area contributed by atoms with Gasteiger partial charge in [-0.25, -0.2) is 4.79 Å². The summed E-state index contributed by atoms with van der Waals surface area (Å²) in [6, 6.07) is 9.62. The summed E-state index contributed by atoms with van der Waals surface area (Å²) in [6.45, 7) is 8.36. The maximum Gasteiger partial charge on any atom is 0.328 e. The number of methoxy groups -OCH3 is 1. The van der Waals surface area contributed by atoms with Crippen LogP contribution in [0, 0.1) is 11.8 Å². The van der Waals surface area contributed by atoms with Crippen LogP contribution in [0.2, 0.25) is 0 Å². The first-order chi connectivity index (χ1) is 13.9. The highest BCUT2D eigenvalue weighted by atomic mass is 16.5. The molecule has 0 saturated carbocycles. The number of benzene rings is 1. The zero-order valence-electron chi connectivity index (χ0n) is 18.4. The average Bonchev–Trinajstić information content (AvgIpc) is 3.14. The molecule has 0 radical (unpaired) electrons. The topological polar surface area (TPSA) is 81.9 Å². The van der Waals surface area contributed by atoms with E-state index < -0.39 is 6.04 Å². The summed E-state index contributed by atoms with van der Waals surface area (Å²) >= 11 is 0. The molecule has 1 aromatic rings. The Kier molecular flexibility index (Phi) is 12.2. The van der Waals surface area contributed by atoms with Crippen molar-refractivity contribution in [1.29, 1.82) is 0 Å². The highest BCUT2D eigenvalue weighted by molar-refractivity contribution is 5.86. The van der Waals surface area contributed by atoms with Crippen molar-refractivity contribution >= 4 is 11.9 Å².